The summed E-state index contributed by atoms with van der Waals surface area (Å²) in [6.07, 6.45) is 0. The van der Waals surface area contributed by atoms with Crippen molar-refractivity contribution >= 4 is 27.3 Å². The Morgan fingerprint density at radius 2 is 1.89 bits per heavy atom. The summed E-state index contributed by atoms with van der Waals surface area (Å²) < 4.78 is 35.9. The SMILES string of the molecule is COc1cc(OC)c(NS(=O)(=O)C(C)C#N)cc1Cl. The maximum Gasteiger partial charge on any atom is 0.248 e. The van der Waals surface area contributed by atoms with Gasteiger partial charge in [0.1, 0.15) is 11.5 Å². The van der Waals surface area contributed by atoms with Crippen molar-refractivity contribution < 1.29 is 17.9 Å². The fourth-order valence-electron chi connectivity index (χ4n) is 1.25. The van der Waals surface area contributed by atoms with Gasteiger partial charge in [-0.1, -0.05) is 11.6 Å². The number of nitriles is 1. The zero-order valence-electron chi connectivity index (χ0n) is 10.6. The van der Waals surface area contributed by atoms with Crippen molar-refractivity contribution in [1.29, 1.82) is 5.26 Å². The molecule has 0 aliphatic rings. The number of anilines is 1. The first-order valence-electron chi connectivity index (χ1n) is 5.18. The summed E-state index contributed by atoms with van der Waals surface area (Å²) in [5, 5.41) is 7.70. The van der Waals surface area contributed by atoms with Crippen LogP contribution in [-0.4, -0.2) is 27.9 Å². The smallest absolute Gasteiger partial charge is 0.248 e. The van der Waals surface area contributed by atoms with Gasteiger partial charge in [-0.25, -0.2) is 8.42 Å². The second-order valence-corrected chi connectivity index (χ2v) is 6.01. The molecule has 0 aliphatic carbocycles. The van der Waals surface area contributed by atoms with Crippen LogP contribution < -0.4 is 14.2 Å². The lowest BCUT2D eigenvalue weighted by atomic mass is 10.3. The van der Waals surface area contributed by atoms with E-state index in [1.165, 1.54) is 33.3 Å². The second kappa shape index (κ2) is 5.99. The van der Waals surface area contributed by atoms with Crippen LogP contribution in [0.3, 0.4) is 0 Å². The molecule has 1 aromatic rings. The summed E-state index contributed by atoms with van der Waals surface area (Å²) in [7, 11) is -1.01. The Labute approximate surface area is 116 Å². The van der Waals surface area contributed by atoms with E-state index in [0.29, 0.717) is 5.75 Å². The van der Waals surface area contributed by atoms with Gasteiger partial charge in [0.15, 0.2) is 5.25 Å². The molecule has 1 rings (SSSR count). The molecule has 0 radical (unpaired) electrons. The van der Waals surface area contributed by atoms with Gasteiger partial charge in [-0.2, -0.15) is 5.26 Å². The first-order valence-corrected chi connectivity index (χ1v) is 7.11. The Bertz CT molecular complexity index is 610. The van der Waals surface area contributed by atoms with Crippen molar-refractivity contribution in [2.75, 3.05) is 18.9 Å². The minimum absolute atomic E-state index is 0.149. The maximum absolute atomic E-state index is 11.8. The van der Waals surface area contributed by atoms with Gasteiger partial charge in [0, 0.05) is 6.07 Å². The van der Waals surface area contributed by atoms with E-state index < -0.39 is 15.3 Å². The van der Waals surface area contributed by atoms with E-state index in [4.69, 9.17) is 26.3 Å². The number of halogens is 1. The summed E-state index contributed by atoms with van der Waals surface area (Å²) in [5.41, 5.74) is 0.149. The molecule has 0 saturated carbocycles. The summed E-state index contributed by atoms with van der Waals surface area (Å²) in [6, 6.07) is 4.47. The highest BCUT2D eigenvalue weighted by Gasteiger charge is 2.22. The van der Waals surface area contributed by atoms with Crippen LogP contribution >= 0.6 is 11.6 Å². The zero-order valence-corrected chi connectivity index (χ0v) is 12.2. The van der Waals surface area contributed by atoms with Crippen LogP contribution in [0.15, 0.2) is 12.1 Å². The van der Waals surface area contributed by atoms with Crippen LogP contribution in [0.4, 0.5) is 5.69 Å². The van der Waals surface area contributed by atoms with Crippen molar-refractivity contribution in [3.63, 3.8) is 0 Å². The molecule has 0 aromatic heterocycles. The molecule has 1 atom stereocenters. The predicted molar refractivity (Wildman–Crippen MR) is 72.2 cm³/mol. The molecule has 0 amide bonds. The number of methoxy groups -OCH3 is 2. The molecule has 1 aromatic carbocycles. The third kappa shape index (κ3) is 3.43. The largest absolute Gasteiger partial charge is 0.495 e. The number of benzene rings is 1. The average molecular weight is 305 g/mol. The molecule has 0 spiro atoms. The summed E-state index contributed by atoms with van der Waals surface area (Å²) >= 11 is 5.92. The quantitative estimate of drug-likeness (QED) is 0.899. The number of hydrogen-bond donors (Lipinski definition) is 1. The first-order chi connectivity index (χ1) is 8.85. The van der Waals surface area contributed by atoms with Gasteiger partial charge in [-0.15, -0.1) is 0 Å². The van der Waals surface area contributed by atoms with E-state index in [0.717, 1.165) is 0 Å². The van der Waals surface area contributed by atoms with Gasteiger partial charge >= 0.3 is 0 Å². The lowest BCUT2D eigenvalue weighted by Crippen LogP contribution is -2.24. The van der Waals surface area contributed by atoms with Crippen molar-refractivity contribution in [2.45, 2.75) is 12.2 Å². The molecular formula is C11H13ClN2O4S. The highest BCUT2D eigenvalue weighted by molar-refractivity contribution is 7.93. The number of hydrogen-bond acceptors (Lipinski definition) is 5. The van der Waals surface area contributed by atoms with Crippen LogP contribution in [0.1, 0.15) is 6.92 Å². The molecule has 0 fully saturated rings. The number of nitrogens with one attached hydrogen (secondary N) is 1. The van der Waals surface area contributed by atoms with E-state index >= 15 is 0 Å². The molecule has 0 saturated heterocycles. The molecule has 0 bridgehead atoms. The lowest BCUT2D eigenvalue weighted by Gasteiger charge is -2.14. The average Bonchev–Trinajstić information content (AvgIpc) is 2.37. The Kier molecular flexibility index (Phi) is 4.86. The molecular weight excluding hydrogens is 292 g/mol. The third-order valence-electron chi connectivity index (χ3n) is 2.37. The van der Waals surface area contributed by atoms with Gasteiger partial charge in [0.2, 0.25) is 10.0 Å². The molecule has 0 heterocycles. The fraction of sp³-hybridized carbons (Fsp3) is 0.364. The van der Waals surface area contributed by atoms with Gasteiger partial charge in [-0.3, -0.25) is 4.72 Å². The maximum atomic E-state index is 11.8. The van der Waals surface area contributed by atoms with Crippen molar-refractivity contribution in [1.82, 2.24) is 0 Å². The molecule has 0 aliphatic heterocycles. The number of rotatable bonds is 5. The van der Waals surface area contributed by atoms with Crippen LogP contribution in [-0.2, 0) is 10.0 Å². The Morgan fingerprint density at radius 1 is 1.32 bits per heavy atom. The third-order valence-corrected chi connectivity index (χ3v) is 4.21. The van der Waals surface area contributed by atoms with Gasteiger partial charge < -0.3 is 9.47 Å². The molecule has 6 nitrogen and oxygen atoms in total. The number of sulfonamides is 1. The van der Waals surface area contributed by atoms with Crippen LogP contribution in [0.25, 0.3) is 0 Å². The molecule has 1 N–H and O–H groups in total. The number of ether oxygens (including phenoxy) is 2. The molecule has 19 heavy (non-hydrogen) atoms. The van der Waals surface area contributed by atoms with Gasteiger partial charge in [-0.05, 0) is 13.0 Å². The summed E-state index contributed by atoms with van der Waals surface area (Å²) in [4.78, 5) is 0. The first kappa shape index (κ1) is 15.4. The zero-order chi connectivity index (χ0) is 14.6. The van der Waals surface area contributed by atoms with Crippen LogP contribution in [0.2, 0.25) is 5.02 Å². The molecule has 8 heteroatoms. The van der Waals surface area contributed by atoms with Crippen molar-refractivity contribution in [3.05, 3.63) is 17.2 Å². The lowest BCUT2D eigenvalue weighted by molar-refractivity contribution is 0.396. The van der Waals surface area contributed by atoms with Crippen molar-refractivity contribution in [2.24, 2.45) is 0 Å². The highest BCUT2D eigenvalue weighted by atomic mass is 35.5. The normalized spacial score (nSPS) is 12.4. The minimum atomic E-state index is -3.82. The standard InChI is InChI=1S/C11H13ClN2O4S/c1-7(6-13)19(15,16)14-9-4-8(12)10(17-2)5-11(9)18-3/h4-5,7,14H,1-3H3. The Balaban J connectivity index is 3.22. The van der Waals surface area contributed by atoms with Crippen LogP contribution in [0.5, 0.6) is 11.5 Å². The molecule has 104 valence electrons. The van der Waals surface area contributed by atoms with E-state index in [1.807, 2.05) is 0 Å². The van der Waals surface area contributed by atoms with E-state index in [1.54, 1.807) is 6.07 Å². The van der Waals surface area contributed by atoms with E-state index in [2.05, 4.69) is 4.72 Å². The Hall–Kier alpha value is -1.65. The Morgan fingerprint density at radius 3 is 2.37 bits per heavy atom. The number of nitrogens with zero attached hydrogens (tertiary/aromatic N) is 1. The topological polar surface area (TPSA) is 88.4 Å². The summed E-state index contributed by atoms with van der Waals surface area (Å²) in [6.45, 7) is 1.28. The van der Waals surface area contributed by atoms with E-state index in [9.17, 15) is 8.42 Å². The van der Waals surface area contributed by atoms with E-state index in [-0.39, 0.29) is 16.5 Å². The van der Waals surface area contributed by atoms with Crippen molar-refractivity contribution in [3.8, 4) is 17.6 Å². The minimum Gasteiger partial charge on any atom is -0.495 e. The van der Waals surface area contributed by atoms with Gasteiger partial charge in [0.25, 0.3) is 0 Å². The predicted octanol–water partition coefficient (Wildman–Crippen LogP) is 2.01. The highest BCUT2D eigenvalue weighted by Crippen LogP contribution is 2.36. The van der Waals surface area contributed by atoms with Gasteiger partial charge in [0.05, 0.1) is 31.0 Å². The fourth-order valence-corrected chi connectivity index (χ4v) is 2.27. The van der Waals surface area contributed by atoms with Crippen LogP contribution in [0, 0.1) is 11.3 Å². The molecule has 1 unspecified atom stereocenters. The monoisotopic (exact) mass is 304 g/mol. The summed E-state index contributed by atoms with van der Waals surface area (Å²) in [5.74, 6) is 0.602. The second-order valence-electron chi connectivity index (χ2n) is 3.61.